The minimum absolute atomic E-state index is 0.0689. The van der Waals surface area contributed by atoms with Crippen molar-refractivity contribution in [3.63, 3.8) is 0 Å². The monoisotopic (exact) mass is 289 g/mol. The van der Waals surface area contributed by atoms with Gasteiger partial charge in [-0.3, -0.25) is 10.1 Å². The molecule has 0 amide bonds. The second kappa shape index (κ2) is 5.74. The first-order chi connectivity index (χ1) is 9.91. The first-order valence-corrected chi connectivity index (χ1v) is 6.33. The maximum Gasteiger partial charge on any atom is 0.420 e. The molecule has 0 atom stereocenters. The van der Waals surface area contributed by atoms with E-state index in [0.29, 0.717) is 17.1 Å². The van der Waals surface area contributed by atoms with E-state index in [2.05, 4.69) is 4.98 Å². The van der Waals surface area contributed by atoms with Crippen LogP contribution in [0.4, 0.5) is 10.5 Å². The van der Waals surface area contributed by atoms with Crippen molar-refractivity contribution in [2.45, 2.75) is 27.4 Å². The van der Waals surface area contributed by atoms with Crippen molar-refractivity contribution < 1.29 is 14.5 Å². The number of hydrogen-bond donors (Lipinski definition) is 0. The maximum absolute atomic E-state index is 12.1. The molecular weight excluding hydrogens is 274 g/mol. The van der Waals surface area contributed by atoms with Gasteiger partial charge in [0.1, 0.15) is 12.4 Å². The number of imidazole rings is 1. The van der Waals surface area contributed by atoms with Crippen LogP contribution in [0.1, 0.15) is 22.8 Å². The summed E-state index contributed by atoms with van der Waals surface area (Å²) in [4.78, 5) is 26.7. The van der Waals surface area contributed by atoms with E-state index in [1.165, 1.54) is 10.6 Å². The van der Waals surface area contributed by atoms with Gasteiger partial charge in [-0.25, -0.2) is 14.3 Å². The molecule has 7 heteroatoms. The molecule has 0 aliphatic rings. The molecule has 1 aromatic carbocycles. The van der Waals surface area contributed by atoms with Gasteiger partial charge in [0.2, 0.25) is 0 Å². The summed E-state index contributed by atoms with van der Waals surface area (Å²) in [5, 5.41) is 10.9. The van der Waals surface area contributed by atoms with E-state index in [0.717, 1.165) is 5.69 Å². The molecule has 21 heavy (non-hydrogen) atoms. The number of carbonyl (C=O) groups is 1. The number of carbonyl (C=O) groups excluding carboxylic acids is 1. The minimum Gasteiger partial charge on any atom is -0.444 e. The van der Waals surface area contributed by atoms with Gasteiger partial charge in [0.15, 0.2) is 0 Å². The molecule has 2 rings (SSSR count). The standard InChI is InChI=1S/C14H15N3O4/c1-9-10(2)16(11(3)15-9)14(18)21-8-12-6-4-5-7-13(12)17(19)20/h4-7H,8H2,1-3H3. The van der Waals surface area contributed by atoms with E-state index < -0.39 is 11.0 Å². The van der Waals surface area contributed by atoms with Crippen LogP contribution in [-0.4, -0.2) is 20.6 Å². The predicted molar refractivity (Wildman–Crippen MR) is 75.1 cm³/mol. The molecule has 0 fully saturated rings. The molecule has 0 aliphatic carbocycles. The number of rotatable bonds is 3. The Bertz CT molecular complexity index is 706. The van der Waals surface area contributed by atoms with Crippen LogP contribution in [0, 0.1) is 30.9 Å². The number of ether oxygens (including phenoxy) is 1. The fourth-order valence-corrected chi connectivity index (χ4v) is 2.06. The number of benzene rings is 1. The molecule has 0 N–H and O–H groups in total. The van der Waals surface area contributed by atoms with Gasteiger partial charge in [0.25, 0.3) is 5.69 Å². The van der Waals surface area contributed by atoms with Crippen LogP contribution < -0.4 is 0 Å². The third kappa shape index (κ3) is 2.91. The van der Waals surface area contributed by atoms with E-state index in [-0.39, 0.29) is 12.3 Å². The number of hydrogen-bond acceptors (Lipinski definition) is 5. The lowest BCUT2D eigenvalue weighted by Crippen LogP contribution is -2.17. The van der Waals surface area contributed by atoms with Crippen molar-refractivity contribution >= 4 is 11.8 Å². The fourth-order valence-electron chi connectivity index (χ4n) is 2.06. The topological polar surface area (TPSA) is 87.3 Å². The largest absolute Gasteiger partial charge is 0.444 e. The third-order valence-corrected chi connectivity index (χ3v) is 3.23. The molecule has 0 saturated carbocycles. The highest BCUT2D eigenvalue weighted by atomic mass is 16.6. The Balaban J connectivity index is 2.17. The van der Waals surface area contributed by atoms with E-state index in [1.54, 1.807) is 39.0 Å². The fraction of sp³-hybridized carbons (Fsp3) is 0.286. The Morgan fingerprint density at radius 1 is 1.33 bits per heavy atom. The Labute approximate surface area is 121 Å². The summed E-state index contributed by atoms with van der Waals surface area (Å²) in [6, 6.07) is 6.16. The molecule has 2 aromatic rings. The molecule has 0 saturated heterocycles. The van der Waals surface area contributed by atoms with Gasteiger partial charge in [0.05, 0.1) is 16.2 Å². The van der Waals surface area contributed by atoms with Crippen LogP contribution >= 0.6 is 0 Å². The summed E-state index contributed by atoms with van der Waals surface area (Å²) >= 11 is 0. The van der Waals surface area contributed by atoms with Gasteiger partial charge in [0, 0.05) is 11.8 Å². The predicted octanol–water partition coefficient (Wildman–Crippen LogP) is 2.90. The van der Waals surface area contributed by atoms with Crippen molar-refractivity contribution in [1.82, 2.24) is 9.55 Å². The van der Waals surface area contributed by atoms with Crippen LogP contribution in [0.5, 0.6) is 0 Å². The number of nitrogens with zero attached hydrogens (tertiary/aromatic N) is 3. The zero-order chi connectivity index (χ0) is 15.6. The van der Waals surface area contributed by atoms with E-state index in [4.69, 9.17) is 4.74 Å². The average molecular weight is 289 g/mol. The van der Waals surface area contributed by atoms with Crippen LogP contribution in [0.25, 0.3) is 0 Å². The lowest BCUT2D eigenvalue weighted by Gasteiger charge is -2.08. The summed E-state index contributed by atoms with van der Waals surface area (Å²) < 4.78 is 6.51. The molecular formula is C14H15N3O4. The quantitative estimate of drug-likeness (QED) is 0.640. The summed E-state index contributed by atoms with van der Waals surface area (Å²) in [6.07, 6.45) is -0.594. The number of nitro groups is 1. The van der Waals surface area contributed by atoms with Crippen molar-refractivity contribution in [3.05, 3.63) is 57.2 Å². The summed E-state index contributed by atoms with van der Waals surface area (Å²) in [6.45, 7) is 5.11. The molecule has 7 nitrogen and oxygen atoms in total. The van der Waals surface area contributed by atoms with E-state index in [9.17, 15) is 14.9 Å². The zero-order valence-electron chi connectivity index (χ0n) is 12.0. The second-order valence-electron chi connectivity index (χ2n) is 4.61. The van der Waals surface area contributed by atoms with Gasteiger partial charge in [-0.15, -0.1) is 0 Å². The van der Waals surface area contributed by atoms with Crippen molar-refractivity contribution in [3.8, 4) is 0 Å². The highest BCUT2D eigenvalue weighted by Gasteiger charge is 2.18. The average Bonchev–Trinajstić information content (AvgIpc) is 2.70. The summed E-state index contributed by atoms with van der Waals surface area (Å²) in [7, 11) is 0. The minimum atomic E-state index is -0.594. The van der Waals surface area contributed by atoms with Gasteiger partial charge in [-0.05, 0) is 26.8 Å². The molecule has 110 valence electrons. The van der Waals surface area contributed by atoms with Crippen LogP contribution in [0.3, 0.4) is 0 Å². The molecule has 0 spiro atoms. The summed E-state index contributed by atoms with van der Waals surface area (Å²) in [5.41, 5.74) is 1.72. The van der Waals surface area contributed by atoms with E-state index >= 15 is 0 Å². The first kappa shape index (κ1) is 14.7. The number of aryl methyl sites for hydroxylation is 2. The lowest BCUT2D eigenvalue weighted by atomic mass is 10.2. The van der Waals surface area contributed by atoms with Crippen LogP contribution in [0.2, 0.25) is 0 Å². The highest BCUT2D eigenvalue weighted by Crippen LogP contribution is 2.19. The first-order valence-electron chi connectivity index (χ1n) is 6.33. The molecule has 0 bridgehead atoms. The maximum atomic E-state index is 12.1. The Morgan fingerprint density at radius 2 is 2.00 bits per heavy atom. The van der Waals surface area contributed by atoms with Gasteiger partial charge < -0.3 is 4.74 Å². The van der Waals surface area contributed by atoms with Crippen LogP contribution in [-0.2, 0) is 11.3 Å². The Kier molecular flexibility index (Phi) is 4.02. The van der Waals surface area contributed by atoms with Gasteiger partial charge in [-0.2, -0.15) is 0 Å². The number of nitro benzene ring substituents is 1. The number of aromatic nitrogens is 2. The molecule has 0 radical (unpaired) electrons. The second-order valence-corrected chi connectivity index (χ2v) is 4.61. The molecule has 1 aromatic heterocycles. The smallest absolute Gasteiger partial charge is 0.420 e. The Morgan fingerprint density at radius 3 is 2.57 bits per heavy atom. The third-order valence-electron chi connectivity index (χ3n) is 3.23. The summed E-state index contributed by atoms with van der Waals surface area (Å²) in [5.74, 6) is 0.526. The van der Waals surface area contributed by atoms with Crippen LogP contribution in [0.15, 0.2) is 24.3 Å². The Hall–Kier alpha value is -2.70. The molecule has 1 heterocycles. The highest BCUT2D eigenvalue weighted by molar-refractivity contribution is 5.72. The van der Waals surface area contributed by atoms with Crippen molar-refractivity contribution in [1.29, 1.82) is 0 Å². The number of para-hydroxylation sites is 1. The lowest BCUT2D eigenvalue weighted by molar-refractivity contribution is -0.385. The van der Waals surface area contributed by atoms with Crippen molar-refractivity contribution in [2.75, 3.05) is 0 Å². The van der Waals surface area contributed by atoms with Crippen molar-refractivity contribution in [2.24, 2.45) is 0 Å². The van der Waals surface area contributed by atoms with E-state index in [1.807, 2.05) is 0 Å². The molecule has 0 aliphatic heterocycles. The van der Waals surface area contributed by atoms with Gasteiger partial charge in [-0.1, -0.05) is 12.1 Å². The SMILES string of the molecule is Cc1nc(C)n(C(=O)OCc2ccccc2[N+](=O)[O-])c1C. The molecule has 0 unspecified atom stereocenters. The normalized spacial score (nSPS) is 10.4. The van der Waals surface area contributed by atoms with Gasteiger partial charge >= 0.3 is 6.09 Å². The zero-order valence-corrected chi connectivity index (χ0v) is 12.0.